The van der Waals surface area contributed by atoms with Crippen molar-refractivity contribution in [1.82, 2.24) is 14.4 Å². The average molecular weight is 261 g/mol. The fraction of sp³-hybridized carbons (Fsp3) is 0.667. The number of carbonyl (C=O) groups excluding carboxylic acids is 1. The summed E-state index contributed by atoms with van der Waals surface area (Å²) in [5, 5.41) is 0. The summed E-state index contributed by atoms with van der Waals surface area (Å²) in [6.45, 7) is 6.76. The highest BCUT2D eigenvalue weighted by Crippen LogP contribution is 2.21. The quantitative estimate of drug-likeness (QED) is 0.820. The van der Waals surface area contributed by atoms with Crippen molar-refractivity contribution in [3.8, 4) is 0 Å². The lowest BCUT2D eigenvalue weighted by Crippen LogP contribution is -2.45. The Morgan fingerprint density at radius 3 is 2.58 bits per heavy atom. The zero-order valence-corrected chi connectivity index (χ0v) is 11.8. The zero-order valence-electron chi connectivity index (χ0n) is 11.8. The molecule has 0 N–H and O–H groups in total. The molecule has 0 saturated carbocycles. The molecule has 0 atom stereocenters. The average Bonchev–Trinajstić information content (AvgIpc) is 2.83. The second-order valence-corrected chi connectivity index (χ2v) is 5.86. The fourth-order valence-corrected chi connectivity index (χ4v) is 3.04. The Kier molecular flexibility index (Phi) is 3.71. The Balaban J connectivity index is 1.57. The minimum Gasteiger partial charge on any atom is -0.352 e. The monoisotopic (exact) mass is 261 g/mol. The third kappa shape index (κ3) is 2.90. The lowest BCUT2D eigenvalue weighted by Gasteiger charge is -2.32. The molecule has 0 amide bonds. The molecule has 1 aromatic heterocycles. The highest BCUT2D eigenvalue weighted by Gasteiger charge is 2.19. The smallest absolute Gasteiger partial charge is 0.164 e. The van der Waals surface area contributed by atoms with Crippen LogP contribution in [0.1, 0.15) is 28.8 Å². The van der Waals surface area contributed by atoms with Gasteiger partial charge in [0.25, 0.3) is 0 Å². The summed E-state index contributed by atoms with van der Waals surface area (Å²) in [6.07, 6.45) is 7.07. The molecule has 0 radical (unpaired) electrons. The number of aromatic nitrogens is 1. The van der Waals surface area contributed by atoms with Crippen LogP contribution >= 0.6 is 0 Å². The van der Waals surface area contributed by atoms with Crippen LogP contribution in [0, 0.1) is 0 Å². The van der Waals surface area contributed by atoms with E-state index >= 15 is 0 Å². The molecule has 1 aliphatic heterocycles. The number of piperazine rings is 1. The second kappa shape index (κ2) is 5.47. The number of fused-ring (bicyclic) bond motifs is 1. The highest BCUT2D eigenvalue weighted by molar-refractivity contribution is 5.98. The summed E-state index contributed by atoms with van der Waals surface area (Å²) in [5.74, 6) is 0.333. The molecule has 1 aliphatic carbocycles. The van der Waals surface area contributed by atoms with Gasteiger partial charge >= 0.3 is 0 Å². The molecule has 104 valence electrons. The number of aryl methyl sites for hydroxylation is 1. The second-order valence-electron chi connectivity index (χ2n) is 5.86. The maximum absolute atomic E-state index is 11.8. The summed E-state index contributed by atoms with van der Waals surface area (Å²) >= 11 is 0. The number of ketones is 1. The van der Waals surface area contributed by atoms with Gasteiger partial charge in [-0.05, 0) is 25.5 Å². The number of hydrogen-bond donors (Lipinski definition) is 0. The lowest BCUT2D eigenvalue weighted by molar-refractivity contribution is 0.0973. The van der Waals surface area contributed by atoms with Crippen LogP contribution in [-0.4, -0.2) is 59.9 Å². The minimum absolute atomic E-state index is 0.333. The number of Topliss-reactive ketones (excluding diaryl/α,β-unsaturated/α-hetero) is 1. The predicted octanol–water partition coefficient (Wildman–Crippen LogP) is 1.25. The third-order valence-corrected chi connectivity index (χ3v) is 4.38. The van der Waals surface area contributed by atoms with Crippen molar-refractivity contribution in [2.75, 3.05) is 39.8 Å². The molecule has 2 heterocycles. The van der Waals surface area contributed by atoms with E-state index in [1.807, 2.05) is 0 Å². The highest BCUT2D eigenvalue weighted by atomic mass is 16.1. The number of hydrogen-bond acceptors (Lipinski definition) is 3. The van der Waals surface area contributed by atoms with Gasteiger partial charge < -0.3 is 9.47 Å². The van der Waals surface area contributed by atoms with E-state index in [1.165, 1.54) is 18.7 Å². The topological polar surface area (TPSA) is 28.5 Å². The van der Waals surface area contributed by atoms with Crippen LogP contribution in [0.2, 0.25) is 0 Å². The molecule has 1 fully saturated rings. The van der Waals surface area contributed by atoms with E-state index in [2.05, 4.69) is 33.8 Å². The van der Waals surface area contributed by atoms with Crippen LogP contribution in [0.3, 0.4) is 0 Å². The van der Waals surface area contributed by atoms with Crippen molar-refractivity contribution in [1.29, 1.82) is 0 Å². The van der Waals surface area contributed by atoms with E-state index in [0.717, 1.165) is 51.0 Å². The Bertz CT molecular complexity index is 458. The molecule has 0 unspecified atom stereocenters. The van der Waals surface area contributed by atoms with Gasteiger partial charge in [-0.15, -0.1) is 0 Å². The van der Waals surface area contributed by atoms with Gasteiger partial charge in [-0.2, -0.15) is 0 Å². The number of rotatable bonds is 3. The van der Waals surface area contributed by atoms with Gasteiger partial charge in [0.05, 0.1) is 0 Å². The van der Waals surface area contributed by atoms with E-state index in [0.29, 0.717) is 5.78 Å². The first-order valence-electron chi connectivity index (χ1n) is 7.35. The van der Waals surface area contributed by atoms with E-state index in [4.69, 9.17) is 0 Å². The Hall–Kier alpha value is -1.13. The molecule has 1 saturated heterocycles. The third-order valence-electron chi connectivity index (χ3n) is 4.38. The van der Waals surface area contributed by atoms with Gasteiger partial charge in [0.15, 0.2) is 5.78 Å². The molecule has 2 aliphatic rings. The summed E-state index contributed by atoms with van der Waals surface area (Å²) in [7, 11) is 2.18. The molecular formula is C15H23N3O. The molecule has 0 bridgehead atoms. The van der Waals surface area contributed by atoms with E-state index in [-0.39, 0.29) is 0 Å². The molecule has 4 nitrogen and oxygen atoms in total. The van der Waals surface area contributed by atoms with Gasteiger partial charge in [0.2, 0.25) is 0 Å². The van der Waals surface area contributed by atoms with Crippen molar-refractivity contribution in [2.24, 2.45) is 0 Å². The summed E-state index contributed by atoms with van der Waals surface area (Å²) in [6, 6.07) is 0. The number of nitrogens with zero attached hydrogens (tertiary/aromatic N) is 3. The molecular weight excluding hydrogens is 238 g/mol. The van der Waals surface area contributed by atoms with Crippen LogP contribution in [0.25, 0.3) is 0 Å². The van der Waals surface area contributed by atoms with E-state index < -0.39 is 0 Å². The van der Waals surface area contributed by atoms with Crippen LogP contribution in [0.5, 0.6) is 0 Å². The first-order valence-corrected chi connectivity index (χ1v) is 7.35. The van der Waals surface area contributed by atoms with Crippen molar-refractivity contribution in [3.05, 3.63) is 23.5 Å². The zero-order chi connectivity index (χ0) is 13.2. The van der Waals surface area contributed by atoms with Crippen LogP contribution in [0.4, 0.5) is 0 Å². The minimum atomic E-state index is 0.333. The first-order chi connectivity index (χ1) is 9.22. The normalized spacial score (nSPS) is 21.6. The van der Waals surface area contributed by atoms with Gasteiger partial charge in [-0.25, -0.2) is 0 Å². The SMILES string of the molecule is CN1CCN(CCn2cc3c(c2)C(=O)CCC3)CC1. The fourth-order valence-electron chi connectivity index (χ4n) is 3.04. The van der Waals surface area contributed by atoms with Gasteiger partial charge in [-0.3, -0.25) is 9.69 Å². The molecule has 0 aromatic carbocycles. The van der Waals surface area contributed by atoms with Crippen LogP contribution < -0.4 is 0 Å². The lowest BCUT2D eigenvalue weighted by atomic mass is 9.95. The van der Waals surface area contributed by atoms with Gasteiger partial charge in [-0.1, -0.05) is 0 Å². The van der Waals surface area contributed by atoms with Crippen molar-refractivity contribution >= 4 is 5.78 Å². The molecule has 0 spiro atoms. The summed E-state index contributed by atoms with van der Waals surface area (Å²) in [4.78, 5) is 16.7. The first kappa shape index (κ1) is 12.9. The van der Waals surface area contributed by atoms with Crippen LogP contribution in [0.15, 0.2) is 12.4 Å². The Labute approximate surface area is 115 Å². The van der Waals surface area contributed by atoms with Gasteiger partial charge in [0, 0.05) is 63.6 Å². The molecule has 19 heavy (non-hydrogen) atoms. The maximum Gasteiger partial charge on any atom is 0.164 e. The number of likely N-dealkylation sites (N-methyl/N-ethyl adjacent to an activating group) is 1. The maximum atomic E-state index is 11.8. The Morgan fingerprint density at radius 1 is 1.05 bits per heavy atom. The van der Waals surface area contributed by atoms with Crippen molar-refractivity contribution < 1.29 is 4.79 Å². The molecule has 4 heteroatoms. The standard InChI is InChI=1S/C15H23N3O/c1-16-5-7-17(8-6-16)9-10-18-11-13-3-2-4-15(19)14(13)12-18/h11-12H,2-10H2,1H3. The molecule has 3 rings (SSSR count). The van der Waals surface area contributed by atoms with Crippen molar-refractivity contribution in [3.63, 3.8) is 0 Å². The van der Waals surface area contributed by atoms with E-state index in [1.54, 1.807) is 0 Å². The van der Waals surface area contributed by atoms with Crippen LogP contribution in [-0.2, 0) is 13.0 Å². The largest absolute Gasteiger partial charge is 0.352 e. The summed E-state index contributed by atoms with van der Waals surface area (Å²) < 4.78 is 2.21. The number of carbonyl (C=O) groups is 1. The van der Waals surface area contributed by atoms with Gasteiger partial charge in [0.1, 0.15) is 0 Å². The van der Waals surface area contributed by atoms with Crippen molar-refractivity contribution in [2.45, 2.75) is 25.8 Å². The summed E-state index contributed by atoms with van der Waals surface area (Å²) in [5.41, 5.74) is 2.24. The predicted molar refractivity (Wildman–Crippen MR) is 75.6 cm³/mol. The Morgan fingerprint density at radius 2 is 1.84 bits per heavy atom. The van der Waals surface area contributed by atoms with E-state index in [9.17, 15) is 4.79 Å². The molecule has 1 aromatic rings.